The molecule has 0 saturated heterocycles. The van der Waals surface area contributed by atoms with Gasteiger partial charge in [-0.15, -0.1) is 11.3 Å². The molecular weight excluding hydrogens is 495 g/mol. The van der Waals surface area contributed by atoms with Crippen LogP contribution >= 0.6 is 62.1 Å². The van der Waals surface area contributed by atoms with Crippen molar-refractivity contribution < 1.29 is 13.2 Å². The highest BCUT2D eigenvalue weighted by Crippen LogP contribution is 2.43. The number of likely N-dealkylation sites (N-methyl/N-ethyl adjacent to an activating group) is 1. The molecule has 0 spiro atoms. The van der Waals surface area contributed by atoms with Gasteiger partial charge in [-0.05, 0) is 42.2 Å². The zero-order valence-corrected chi connectivity index (χ0v) is 18.6. The van der Waals surface area contributed by atoms with E-state index in [-0.39, 0.29) is 18.0 Å². The van der Waals surface area contributed by atoms with Gasteiger partial charge in [0, 0.05) is 12.6 Å². The molecule has 0 unspecified atom stereocenters. The van der Waals surface area contributed by atoms with E-state index in [0.717, 1.165) is 11.3 Å². The molecule has 0 radical (unpaired) electrons. The van der Waals surface area contributed by atoms with E-state index < -0.39 is 10.0 Å². The summed E-state index contributed by atoms with van der Waals surface area (Å²) in [6.45, 7) is 1.11. The number of anilines is 1. The number of hydrogen-bond donors (Lipinski definition) is 1. The predicted molar refractivity (Wildman–Crippen MR) is 108 cm³/mol. The van der Waals surface area contributed by atoms with E-state index in [9.17, 15) is 8.42 Å². The molecule has 1 heterocycles. The predicted octanol–water partition coefficient (Wildman–Crippen LogP) is 5.21. The normalized spacial score (nSPS) is 11.8. The van der Waals surface area contributed by atoms with Crippen molar-refractivity contribution >= 4 is 77.8 Å². The third-order valence-corrected chi connectivity index (χ3v) is 8.14. The first-order chi connectivity index (χ1) is 11.6. The molecule has 0 amide bonds. The van der Waals surface area contributed by atoms with Crippen LogP contribution in [0.3, 0.4) is 0 Å². The van der Waals surface area contributed by atoms with Crippen LogP contribution in [0.4, 0.5) is 5.69 Å². The molecular formula is C14H14BrCl3N2O3S2. The summed E-state index contributed by atoms with van der Waals surface area (Å²) in [7, 11) is -0.0876. The Morgan fingerprint density at radius 3 is 2.48 bits per heavy atom. The van der Waals surface area contributed by atoms with E-state index in [1.54, 1.807) is 6.07 Å². The van der Waals surface area contributed by atoms with Gasteiger partial charge in [-0.25, -0.2) is 8.42 Å². The van der Waals surface area contributed by atoms with Crippen molar-refractivity contribution in [1.82, 2.24) is 4.90 Å². The number of nitrogens with one attached hydrogen (secondary N) is 1. The number of ether oxygens (including phenoxy) is 1. The van der Waals surface area contributed by atoms with Crippen LogP contribution in [-0.2, 0) is 10.0 Å². The molecule has 0 aliphatic rings. The maximum atomic E-state index is 12.6. The Balaban J connectivity index is 2.24. The number of halogens is 4. The molecule has 0 fully saturated rings. The average Bonchev–Trinajstić information content (AvgIpc) is 2.75. The summed E-state index contributed by atoms with van der Waals surface area (Å²) in [6, 6.07) is 4.61. The Labute approximate surface area is 174 Å². The molecule has 25 heavy (non-hydrogen) atoms. The zero-order valence-electron chi connectivity index (χ0n) is 13.1. The van der Waals surface area contributed by atoms with Crippen molar-refractivity contribution in [2.45, 2.75) is 4.90 Å². The molecule has 0 aliphatic heterocycles. The largest absolute Gasteiger partial charge is 0.491 e. The van der Waals surface area contributed by atoms with E-state index in [4.69, 9.17) is 39.5 Å². The summed E-state index contributed by atoms with van der Waals surface area (Å²) in [5.74, 6) is 0.386. The van der Waals surface area contributed by atoms with Gasteiger partial charge in [0.05, 0.1) is 15.2 Å². The van der Waals surface area contributed by atoms with Crippen molar-refractivity contribution in [3.8, 4) is 5.75 Å². The van der Waals surface area contributed by atoms with Gasteiger partial charge < -0.3 is 9.64 Å². The Hall–Kier alpha value is -0.220. The van der Waals surface area contributed by atoms with Crippen LogP contribution in [0.25, 0.3) is 0 Å². The summed E-state index contributed by atoms with van der Waals surface area (Å²) in [5, 5.41) is 0.388. The summed E-state index contributed by atoms with van der Waals surface area (Å²) in [6.07, 6.45) is 0. The third kappa shape index (κ3) is 5.38. The molecule has 11 heteroatoms. The van der Waals surface area contributed by atoms with E-state index in [1.807, 2.05) is 19.0 Å². The van der Waals surface area contributed by atoms with Crippen LogP contribution in [0.2, 0.25) is 13.7 Å². The number of rotatable bonds is 7. The minimum absolute atomic E-state index is 0.0702. The van der Waals surface area contributed by atoms with Crippen LogP contribution in [0.5, 0.6) is 5.75 Å². The maximum Gasteiger partial charge on any atom is 0.265 e. The van der Waals surface area contributed by atoms with Crippen LogP contribution < -0.4 is 9.46 Å². The first-order valence-electron chi connectivity index (χ1n) is 6.85. The molecule has 2 rings (SSSR count). The summed E-state index contributed by atoms with van der Waals surface area (Å²) in [5.41, 5.74) is 0.301. The number of benzene rings is 1. The van der Waals surface area contributed by atoms with Gasteiger partial charge >= 0.3 is 0 Å². The van der Waals surface area contributed by atoms with Crippen molar-refractivity contribution in [2.75, 3.05) is 32.0 Å². The smallest absolute Gasteiger partial charge is 0.265 e. The molecule has 138 valence electrons. The summed E-state index contributed by atoms with van der Waals surface area (Å²) >= 11 is 22.1. The SMILES string of the molecule is CN(C)CCOc1cc(NS(=O)(=O)c2c(Cl)sc(Cl)c2Br)ccc1Cl. The second-order valence-electron chi connectivity index (χ2n) is 5.20. The highest BCUT2D eigenvalue weighted by molar-refractivity contribution is 9.10. The maximum absolute atomic E-state index is 12.6. The van der Waals surface area contributed by atoms with Crippen molar-refractivity contribution in [3.63, 3.8) is 0 Å². The Kier molecular flexibility index (Phi) is 7.29. The molecule has 0 bridgehead atoms. The van der Waals surface area contributed by atoms with Crippen LogP contribution in [0, 0.1) is 0 Å². The lowest BCUT2D eigenvalue weighted by Gasteiger charge is -2.14. The molecule has 0 atom stereocenters. The molecule has 0 aliphatic carbocycles. The van der Waals surface area contributed by atoms with Gasteiger partial charge in [-0.2, -0.15) is 0 Å². The van der Waals surface area contributed by atoms with Gasteiger partial charge in [0.25, 0.3) is 10.0 Å². The minimum Gasteiger partial charge on any atom is -0.491 e. The summed E-state index contributed by atoms with van der Waals surface area (Å²) in [4.78, 5) is 1.86. The Bertz CT molecular complexity index is 872. The fraction of sp³-hybridized carbons (Fsp3) is 0.286. The molecule has 1 aromatic carbocycles. The number of nitrogens with zero attached hydrogens (tertiary/aromatic N) is 1. The van der Waals surface area contributed by atoms with Crippen molar-refractivity contribution in [2.24, 2.45) is 0 Å². The van der Waals surface area contributed by atoms with Gasteiger partial charge in [0.1, 0.15) is 25.9 Å². The van der Waals surface area contributed by atoms with E-state index in [1.165, 1.54) is 12.1 Å². The lowest BCUT2D eigenvalue weighted by atomic mass is 10.3. The highest BCUT2D eigenvalue weighted by Gasteiger charge is 2.26. The van der Waals surface area contributed by atoms with Gasteiger partial charge in [0.15, 0.2) is 0 Å². The number of thiophene rings is 1. The monoisotopic (exact) mass is 506 g/mol. The fourth-order valence-corrected chi connectivity index (χ4v) is 6.57. The second-order valence-corrected chi connectivity index (χ2v) is 10.2. The number of sulfonamides is 1. The second kappa shape index (κ2) is 8.65. The van der Waals surface area contributed by atoms with Gasteiger partial charge in [0.2, 0.25) is 0 Å². The van der Waals surface area contributed by atoms with E-state index in [2.05, 4.69) is 20.7 Å². The molecule has 5 nitrogen and oxygen atoms in total. The molecule has 0 saturated carbocycles. The lowest BCUT2D eigenvalue weighted by molar-refractivity contribution is 0.261. The van der Waals surface area contributed by atoms with Gasteiger partial charge in [-0.1, -0.05) is 34.8 Å². The minimum atomic E-state index is -3.93. The first kappa shape index (κ1) is 21.1. The van der Waals surface area contributed by atoms with Crippen LogP contribution in [-0.4, -0.2) is 40.6 Å². The highest BCUT2D eigenvalue weighted by atomic mass is 79.9. The van der Waals surface area contributed by atoms with E-state index in [0.29, 0.717) is 29.6 Å². The van der Waals surface area contributed by atoms with Crippen LogP contribution in [0.15, 0.2) is 27.6 Å². The Morgan fingerprint density at radius 2 is 1.92 bits per heavy atom. The quantitative estimate of drug-likeness (QED) is 0.558. The summed E-state index contributed by atoms with van der Waals surface area (Å²) < 4.78 is 33.8. The van der Waals surface area contributed by atoms with Gasteiger partial charge in [-0.3, -0.25) is 4.72 Å². The standard InChI is InChI=1S/C14H14BrCl3N2O3S2/c1-20(2)5-6-23-10-7-8(3-4-9(10)16)19-25(21,22)12-11(15)13(17)24-14(12)18/h3-4,7,19H,5-6H2,1-2H3. The molecule has 1 N–H and O–H groups in total. The first-order valence-corrected chi connectivity index (χ1v) is 11.1. The lowest BCUT2D eigenvalue weighted by Crippen LogP contribution is -2.19. The van der Waals surface area contributed by atoms with Crippen LogP contribution in [0.1, 0.15) is 0 Å². The Morgan fingerprint density at radius 1 is 1.24 bits per heavy atom. The fourth-order valence-electron chi connectivity index (χ4n) is 1.79. The number of hydrogen-bond acceptors (Lipinski definition) is 5. The van der Waals surface area contributed by atoms with Crippen molar-refractivity contribution in [3.05, 3.63) is 36.4 Å². The molecule has 1 aromatic heterocycles. The zero-order chi connectivity index (χ0) is 18.8. The van der Waals surface area contributed by atoms with E-state index >= 15 is 0 Å². The third-order valence-electron chi connectivity index (χ3n) is 2.98. The van der Waals surface area contributed by atoms with Crippen molar-refractivity contribution in [1.29, 1.82) is 0 Å². The topological polar surface area (TPSA) is 58.6 Å². The molecule has 2 aromatic rings. The average molecular weight is 509 g/mol.